The summed E-state index contributed by atoms with van der Waals surface area (Å²) in [4.78, 5) is 12.6. The number of benzene rings is 2. The lowest BCUT2D eigenvalue weighted by atomic mass is 10.1. The molecule has 0 spiro atoms. The monoisotopic (exact) mass is 404 g/mol. The molecule has 0 aliphatic heterocycles. The summed E-state index contributed by atoms with van der Waals surface area (Å²) in [6.45, 7) is 0.156. The Balaban J connectivity index is 1.77. The SMILES string of the molecule is CS(=O)(=O)Nc1ccccc1CNC(=O)c1cn[nH]c1-c1ccc(Cl)cc1. The largest absolute Gasteiger partial charge is 0.348 e. The third-order valence-electron chi connectivity index (χ3n) is 3.77. The molecule has 140 valence electrons. The highest BCUT2D eigenvalue weighted by Crippen LogP contribution is 2.23. The van der Waals surface area contributed by atoms with E-state index in [-0.39, 0.29) is 12.5 Å². The van der Waals surface area contributed by atoms with Gasteiger partial charge in [-0.05, 0) is 23.8 Å². The number of sulfonamides is 1. The molecule has 1 aromatic heterocycles. The van der Waals surface area contributed by atoms with E-state index in [2.05, 4.69) is 20.2 Å². The van der Waals surface area contributed by atoms with Crippen molar-refractivity contribution in [2.45, 2.75) is 6.54 Å². The molecule has 3 aromatic rings. The van der Waals surface area contributed by atoms with E-state index in [1.807, 2.05) is 0 Å². The Morgan fingerprint density at radius 2 is 1.85 bits per heavy atom. The van der Waals surface area contributed by atoms with Crippen molar-refractivity contribution >= 4 is 33.2 Å². The van der Waals surface area contributed by atoms with Crippen LogP contribution in [0.1, 0.15) is 15.9 Å². The van der Waals surface area contributed by atoms with Crippen molar-refractivity contribution in [2.24, 2.45) is 0 Å². The van der Waals surface area contributed by atoms with Crippen molar-refractivity contribution in [3.63, 3.8) is 0 Å². The number of halogens is 1. The van der Waals surface area contributed by atoms with Crippen LogP contribution in [-0.2, 0) is 16.6 Å². The van der Waals surface area contributed by atoms with E-state index < -0.39 is 10.0 Å². The molecule has 3 rings (SSSR count). The summed E-state index contributed by atoms with van der Waals surface area (Å²) in [5, 5.41) is 10.2. The van der Waals surface area contributed by atoms with Crippen LogP contribution in [0.3, 0.4) is 0 Å². The minimum Gasteiger partial charge on any atom is -0.348 e. The first-order valence-corrected chi connectivity index (χ1v) is 10.2. The van der Waals surface area contributed by atoms with Crippen LogP contribution in [0, 0.1) is 0 Å². The van der Waals surface area contributed by atoms with Crippen molar-refractivity contribution < 1.29 is 13.2 Å². The lowest BCUT2D eigenvalue weighted by Gasteiger charge is -2.11. The average Bonchev–Trinajstić information content (AvgIpc) is 3.10. The molecule has 9 heteroatoms. The second-order valence-electron chi connectivity index (χ2n) is 5.88. The van der Waals surface area contributed by atoms with Gasteiger partial charge in [-0.3, -0.25) is 14.6 Å². The molecule has 0 fully saturated rings. The number of hydrogen-bond acceptors (Lipinski definition) is 4. The molecule has 0 saturated heterocycles. The predicted molar refractivity (Wildman–Crippen MR) is 105 cm³/mol. The fraction of sp³-hybridized carbons (Fsp3) is 0.111. The van der Waals surface area contributed by atoms with E-state index in [9.17, 15) is 13.2 Å². The van der Waals surface area contributed by atoms with Gasteiger partial charge in [0.15, 0.2) is 0 Å². The van der Waals surface area contributed by atoms with Gasteiger partial charge < -0.3 is 5.32 Å². The summed E-state index contributed by atoms with van der Waals surface area (Å²) in [6, 6.07) is 13.9. The number of aromatic amines is 1. The number of rotatable bonds is 6. The Bertz CT molecular complexity index is 1060. The number of aromatic nitrogens is 2. The van der Waals surface area contributed by atoms with Crippen molar-refractivity contribution in [3.05, 3.63) is 70.9 Å². The molecule has 0 aliphatic carbocycles. The van der Waals surface area contributed by atoms with Gasteiger partial charge >= 0.3 is 0 Å². The van der Waals surface area contributed by atoms with Crippen LogP contribution in [0.2, 0.25) is 5.02 Å². The standard InChI is InChI=1S/C18H17ClN4O3S/c1-27(25,26)23-16-5-3-2-4-13(16)10-20-18(24)15-11-21-22-17(15)12-6-8-14(19)9-7-12/h2-9,11,23H,10H2,1H3,(H,20,24)(H,21,22). The molecule has 0 radical (unpaired) electrons. The average molecular weight is 405 g/mol. The maximum atomic E-state index is 12.6. The molecule has 0 atom stereocenters. The lowest BCUT2D eigenvalue weighted by Crippen LogP contribution is -2.24. The highest BCUT2D eigenvalue weighted by molar-refractivity contribution is 7.92. The van der Waals surface area contributed by atoms with Gasteiger partial charge in [0.2, 0.25) is 10.0 Å². The topological polar surface area (TPSA) is 104 Å². The van der Waals surface area contributed by atoms with Gasteiger partial charge in [-0.15, -0.1) is 0 Å². The first-order valence-electron chi connectivity index (χ1n) is 7.97. The second-order valence-corrected chi connectivity index (χ2v) is 8.06. The van der Waals surface area contributed by atoms with Gasteiger partial charge in [-0.1, -0.05) is 41.9 Å². The van der Waals surface area contributed by atoms with Crippen molar-refractivity contribution in [2.75, 3.05) is 11.0 Å². The Hall–Kier alpha value is -2.84. The van der Waals surface area contributed by atoms with Gasteiger partial charge in [0.05, 0.1) is 29.4 Å². The molecule has 1 heterocycles. The van der Waals surface area contributed by atoms with Crippen molar-refractivity contribution in [1.29, 1.82) is 0 Å². The van der Waals surface area contributed by atoms with Crippen LogP contribution in [0.4, 0.5) is 5.69 Å². The molecule has 0 aliphatic rings. The van der Waals surface area contributed by atoms with E-state index in [4.69, 9.17) is 11.6 Å². The molecule has 0 saturated carbocycles. The summed E-state index contributed by atoms with van der Waals surface area (Å²) in [7, 11) is -3.42. The van der Waals surface area contributed by atoms with E-state index in [0.29, 0.717) is 27.5 Å². The number of carbonyl (C=O) groups excluding carboxylic acids is 1. The second kappa shape index (κ2) is 7.81. The molecule has 1 amide bonds. The zero-order valence-electron chi connectivity index (χ0n) is 14.4. The fourth-order valence-corrected chi connectivity index (χ4v) is 3.26. The van der Waals surface area contributed by atoms with Gasteiger partial charge in [0.1, 0.15) is 0 Å². The van der Waals surface area contributed by atoms with Crippen LogP contribution < -0.4 is 10.0 Å². The minimum atomic E-state index is -3.42. The van der Waals surface area contributed by atoms with Crippen LogP contribution in [-0.4, -0.2) is 30.8 Å². The van der Waals surface area contributed by atoms with Crippen LogP contribution in [0.25, 0.3) is 11.3 Å². The van der Waals surface area contributed by atoms with Crippen LogP contribution >= 0.6 is 11.6 Å². The molecular formula is C18H17ClN4O3S. The third-order valence-corrected chi connectivity index (χ3v) is 4.61. The van der Waals surface area contributed by atoms with E-state index >= 15 is 0 Å². The highest BCUT2D eigenvalue weighted by atomic mass is 35.5. The van der Waals surface area contributed by atoms with Gasteiger partial charge in [-0.2, -0.15) is 5.10 Å². The van der Waals surface area contributed by atoms with Gasteiger partial charge in [0.25, 0.3) is 5.91 Å². The number of anilines is 1. The number of nitrogens with zero attached hydrogens (tertiary/aromatic N) is 1. The van der Waals surface area contributed by atoms with Gasteiger partial charge in [0, 0.05) is 17.1 Å². The zero-order valence-corrected chi connectivity index (χ0v) is 15.9. The molecule has 27 heavy (non-hydrogen) atoms. The summed E-state index contributed by atoms with van der Waals surface area (Å²) in [5.74, 6) is -0.331. The molecule has 0 unspecified atom stereocenters. The van der Waals surface area contributed by atoms with Gasteiger partial charge in [-0.25, -0.2) is 8.42 Å². The number of H-pyrrole nitrogens is 1. The lowest BCUT2D eigenvalue weighted by molar-refractivity contribution is 0.0951. The highest BCUT2D eigenvalue weighted by Gasteiger charge is 2.16. The maximum absolute atomic E-state index is 12.6. The molecular weight excluding hydrogens is 388 g/mol. The Labute approximate surface area is 161 Å². The first kappa shape index (κ1) is 18.9. The Kier molecular flexibility index (Phi) is 5.48. The summed E-state index contributed by atoms with van der Waals surface area (Å²) < 4.78 is 25.4. The molecule has 0 bridgehead atoms. The smallest absolute Gasteiger partial charge is 0.255 e. The zero-order chi connectivity index (χ0) is 19.4. The number of carbonyl (C=O) groups is 1. The fourth-order valence-electron chi connectivity index (χ4n) is 2.54. The van der Waals surface area contributed by atoms with Crippen molar-refractivity contribution in [1.82, 2.24) is 15.5 Å². The minimum absolute atomic E-state index is 0.156. The quantitative estimate of drug-likeness (QED) is 0.587. The van der Waals surface area contributed by atoms with E-state index in [0.717, 1.165) is 11.8 Å². The normalized spacial score (nSPS) is 11.2. The number of hydrogen-bond donors (Lipinski definition) is 3. The van der Waals surface area contributed by atoms with E-state index in [1.54, 1.807) is 48.5 Å². The summed E-state index contributed by atoms with van der Waals surface area (Å²) >= 11 is 5.90. The summed E-state index contributed by atoms with van der Waals surface area (Å²) in [6.07, 6.45) is 2.52. The molecule has 7 nitrogen and oxygen atoms in total. The number of para-hydroxylation sites is 1. The van der Waals surface area contributed by atoms with E-state index in [1.165, 1.54) is 6.20 Å². The number of nitrogens with one attached hydrogen (secondary N) is 3. The van der Waals surface area contributed by atoms with Crippen LogP contribution in [0.5, 0.6) is 0 Å². The Morgan fingerprint density at radius 1 is 1.15 bits per heavy atom. The molecule has 2 aromatic carbocycles. The third kappa shape index (κ3) is 4.87. The summed E-state index contributed by atoms with van der Waals surface area (Å²) in [5.41, 5.74) is 2.80. The van der Waals surface area contributed by atoms with Crippen molar-refractivity contribution in [3.8, 4) is 11.3 Å². The predicted octanol–water partition coefficient (Wildman–Crippen LogP) is 3.03. The maximum Gasteiger partial charge on any atom is 0.255 e. The Morgan fingerprint density at radius 3 is 2.56 bits per heavy atom. The van der Waals surface area contributed by atoms with Crippen LogP contribution in [0.15, 0.2) is 54.7 Å². The first-order chi connectivity index (χ1) is 12.8. The number of amides is 1. The molecule has 3 N–H and O–H groups in total.